The number of hydrogen-bond acceptors (Lipinski definition) is 7. The fraction of sp³-hybridized carbons (Fsp3) is 0.720. The molecule has 7 heteroatoms. The van der Waals surface area contributed by atoms with Crippen LogP contribution in [0, 0.1) is 28.6 Å². The minimum atomic E-state index is -0.662. The molecule has 7 atom stereocenters. The molecule has 176 valence electrons. The van der Waals surface area contributed by atoms with Crippen molar-refractivity contribution in [1.82, 2.24) is 0 Å². The van der Waals surface area contributed by atoms with Crippen LogP contribution >= 0.6 is 0 Å². The Hall–Kier alpha value is -2.15. The third kappa shape index (κ3) is 3.58. The van der Waals surface area contributed by atoms with Gasteiger partial charge in [-0.05, 0) is 49.0 Å². The largest absolute Gasteiger partial charge is 0.472 e. The summed E-state index contributed by atoms with van der Waals surface area (Å²) >= 11 is 0. The smallest absolute Gasteiger partial charge is 0.310 e. The highest BCUT2D eigenvalue weighted by Crippen LogP contribution is 2.65. The molecular formula is C25H34O7. The predicted molar refractivity (Wildman–Crippen MR) is 114 cm³/mol. The first-order valence-corrected chi connectivity index (χ1v) is 11.7. The third-order valence-corrected chi connectivity index (χ3v) is 8.32. The van der Waals surface area contributed by atoms with Crippen LogP contribution in [0.2, 0.25) is 0 Å². The molecule has 1 aliphatic heterocycles. The molecular weight excluding hydrogens is 412 g/mol. The van der Waals surface area contributed by atoms with Crippen LogP contribution in [0.5, 0.6) is 0 Å². The molecule has 4 rings (SSSR count). The van der Waals surface area contributed by atoms with Gasteiger partial charge in [-0.25, -0.2) is 0 Å². The topological polar surface area (TPSA) is 92.0 Å². The summed E-state index contributed by atoms with van der Waals surface area (Å²) in [5.74, 6) is -1.91. The number of esters is 2. The van der Waals surface area contributed by atoms with Crippen LogP contribution in [-0.4, -0.2) is 37.5 Å². The lowest BCUT2D eigenvalue weighted by Gasteiger charge is -2.61. The predicted octanol–water partition coefficient (Wildman–Crippen LogP) is 4.25. The second-order valence-corrected chi connectivity index (χ2v) is 10.1. The Labute approximate surface area is 189 Å². The molecule has 1 aromatic rings. The van der Waals surface area contributed by atoms with E-state index in [-0.39, 0.29) is 23.6 Å². The van der Waals surface area contributed by atoms with Gasteiger partial charge in [0, 0.05) is 18.1 Å². The average molecular weight is 447 g/mol. The molecule has 7 nitrogen and oxygen atoms in total. The zero-order valence-electron chi connectivity index (χ0n) is 19.4. The van der Waals surface area contributed by atoms with Gasteiger partial charge in [-0.3, -0.25) is 14.4 Å². The van der Waals surface area contributed by atoms with Gasteiger partial charge in [-0.2, -0.15) is 0 Å². The van der Waals surface area contributed by atoms with E-state index in [1.54, 1.807) is 18.6 Å². The SMILES string of the molecule is CCCCO[C@H]1C[C@@H](C(=O)OC)[C@]2(C)CCC3C(=O)O[C@@H](c4ccoc4)C[C@]3(C)C2C1=O. The Morgan fingerprint density at radius 2 is 2.03 bits per heavy atom. The average Bonchev–Trinajstić information content (AvgIpc) is 3.29. The van der Waals surface area contributed by atoms with Crippen LogP contribution in [-0.2, 0) is 28.6 Å². The summed E-state index contributed by atoms with van der Waals surface area (Å²) in [7, 11) is 1.39. The molecule has 0 amide bonds. The normalized spacial score (nSPS) is 39.1. The summed E-state index contributed by atoms with van der Waals surface area (Å²) < 4.78 is 22.2. The Bertz CT molecular complexity index is 862. The van der Waals surface area contributed by atoms with E-state index >= 15 is 0 Å². The van der Waals surface area contributed by atoms with Gasteiger partial charge in [0.15, 0.2) is 5.78 Å². The number of Topliss-reactive ketones (excluding diaryl/α,β-unsaturated/α-hetero) is 1. The zero-order valence-corrected chi connectivity index (χ0v) is 19.4. The first-order valence-electron chi connectivity index (χ1n) is 11.7. The molecule has 0 radical (unpaired) electrons. The molecule has 2 saturated carbocycles. The van der Waals surface area contributed by atoms with Gasteiger partial charge < -0.3 is 18.6 Å². The van der Waals surface area contributed by atoms with E-state index < -0.39 is 34.9 Å². The monoisotopic (exact) mass is 446 g/mol. The molecule has 0 bridgehead atoms. The van der Waals surface area contributed by atoms with E-state index in [0.717, 1.165) is 18.4 Å². The van der Waals surface area contributed by atoms with Crippen molar-refractivity contribution in [3.05, 3.63) is 24.2 Å². The van der Waals surface area contributed by atoms with Gasteiger partial charge in [0.2, 0.25) is 0 Å². The summed E-state index contributed by atoms with van der Waals surface area (Å²) in [6.45, 7) is 6.59. The van der Waals surface area contributed by atoms with Gasteiger partial charge in [0.1, 0.15) is 12.2 Å². The second-order valence-electron chi connectivity index (χ2n) is 10.1. The van der Waals surface area contributed by atoms with E-state index in [2.05, 4.69) is 6.92 Å². The highest BCUT2D eigenvalue weighted by atomic mass is 16.5. The van der Waals surface area contributed by atoms with Gasteiger partial charge in [-0.15, -0.1) is 0 Å². The summed E-state index contributed by atoms with van der Waals surface area (Å²) in [5, 5.41) is 0. The molecule has 2 aliphatic carbocycles. The summed E-state index contributed by atoms with van der Waals surface area (Å²) in [5.41, 5.74) is -0.465. The third-order valence-electron chi connectivity index (χ3n) is 8.32. The molecule has 0 aromatic carbocycles. The van der Waals surface area contributed by atoms with Crippen LogP contribution in [0.4, 0.5) is 0 Å². The molecule has 32 heavy (non-hydrogen) atoms. The van der Waals surface area contributed by atoms with Crippen molar-refractivity contribution in [3.63, 3.8) is 0 Å². The maximum absolute atomic E-state index is 13.9. The van der Waals surface area contributed by atoms with E-state index in [0.29, 0.717) is 32.3 Å². The van der Waals surface area contributed by atoms with Crippen LogP contribution in [0.3, 0.4) is 0 Å². The van der Waals surface area contributed by atoms with Crippen molar-refractivity contribution in [2.75, 3.05) is 13.7 Å². The number of cyclic esters (lactones) is 1. The quantitative estimate of drug-likeness (QED) is 0.476. The first kappa shape index (κ1) is 23.0. The first-order chi connectivity index (χ1) is 15.3. The molecule has 0 N–H and O–H groups in total. The number of carbonyl (C=O) groups is 3. The van der Waals surface area contributed by atoms with Crippen LogP contribution in [0.1, 0.15) is 71.0 Å². The molecule has 0 spiro atoms. The summed E-state index contributed by atoms with van der Waals surface area (Å²) in [6.07, 6.45) is 5.83. The molecule has 1 aromatic heterocycles. The van der Waals surface area contributed by atoms with Crippen molar-refractivity contribution in [2.24, 2.45) is 28.6 Å². The number of fused-ring (bicyclic) bond motifs is 3. The number of methoxy groups -OCH3 is 1. The Balaban J connectivity index is 1.74. The minimum absolute atomic E-state index is 0.0107. The van der Waals surface area contributed by atoms with E-state index in [4.69, 9.17) is 18.6 Å². The van der Waals surface area contributed by atoms with Crippen LogP contribution in [0.25, 0.3) is 0 Å². The van der Waals surface area contributed by atoms with Crippen molar-refractivity contribution >= 4 is 17.7 Å². The standard InChI is InChI=1S/C25H34O7/c1-5-6-10-31-18-12-17(22(27)29-4)24(2)9-7-16-23(28)32-19(15-8-11-30-14-15)13-25(16,3)21(24)20(18)26/h8,11,14,16-19,21H,5-7,9-10,12-13H2,1-4H3/t16?,17-,18-,19+,21?,24-,25-/m0/s1. The second kappa shape index (κ2) is 8.65. The van der Waals surface area contributed by atoms with E-state index in [1.165, 1.54) is 7.11 Å². The van der Waals surface area contributed by atoms with E-state index in [1.807, 2.05) is 13.8 Å². The Kier molecular flexibility index (Phi) is 6.23. The zero-order chi connectivity index (χ0) is 23.1. The Morgan fingerprint density at radius 1 is 1.25 bits per heavy atom. The highest BCUT2D eigenvalue weighted by Gasteiger charge is 2.67. The van der Waals surface area contributed by atoms with Crippen molar-refractivity contribution < 1.29 is 33.0 Å². The number of hydrogen-bond donors (Lipinski definition) is 0. The van der Waals surface area contributed by atoms with Crippen LogP contribution < -0.4 is 0 Å². The van der Waals surface area contributed by atoms with Gasteiger partial charge in [0.25, 0.3) is 0 Å². The lowest BCUT2D eigenvalue weighted by Crippen LogP contribution is -2.64. The fourth-order valence-electron chi connectivity index (χ4n) is 6.68. The number of rotatable bonds is 6. The highest BCUT2D eigenvalue weighted by molar-refractivity contribution is 5.92. The van der Waals surface area contributed by atoms with Crippen molar-refractivity contribution in [1.29, 1.82) is 0 Å². The molecule has 1 saturated heterocycles. The van der Waals surface area contributed by atoms with Gasteiger partial charge in [-0.1, -0.05) is 27.2 Å². The van der Waals surface area contributed by atoms with Crippen molar-refractivity contribution in [2.45, 2.75) is 71.5 Å². The maximum Gasteiger partial charge on any atom is 0.310 e. The van der Waals surface area contributed by atoms with E-state index in [9.17, 15) is 14.4 Å². The molecule has 2 unspecified atom stereocenters. The summed E-state index contributed by atoms with van der Waals surface area (Å²) in [4.78, 5) is 39.9. The maximum atomic E-state index is 13.9. The number of ether oxygens (including phenoxy) is 3. The van der Waals surface area contributed by atoms with Crippen molar-refractivity contribution in [3.8, 4) is 0 Å². The number of carbonyl (C=O) groups excluding carboxylic acids is 3. The minimum Gasteiger partial charge on any atom is -0.472 e. The lowest BCUT2D eigenvalue weighted by molar-refractivity contribution is -0.209. The Morgan fingerprint density at radius 3 is 2.69 bits per heavy atom. The molecule has 3 fully saturated rings. The fourth-order valence-corrected chi connectivity index (χ4v) is 6.68. The summed E-state index contributed by atoms with van der Waals surface area (Å²) in [6, 6.07) is 1.79. The molecule has 3 aliphatic rings. The number of furan rings is 1. The molecule has 2 heterocycles. The lowest BCUT2D eigenvalue weighted by atomic mass is 9.43. The van der Waals surface area contributed by atoms with Gasteiger partial charge in [0.05, 0.1) is 31.5 Å². The number of ketones is 1. The van der Waals surface area contributed by atoms with Gasteiger partial charge >= 0.3 is 11.9 Å². The number of unbranched alkanes of at least 4 members (excludes halogenated alkanes) is 1. The van der Waals surface area contributed by atoms with Crippen LogP contribution in [0.15, 0.2) is 23.0 Å².